The molecule has 0 atom stereocenters. The van der Waals surface area contributed by atoms with Crippen molar-refractivity contribution in [3.8, 4) is 44.5 Å². The van der Waals surface area contributed by atoms with Crippen LogP contribution in [-0.4, -0.2) is 0 Å². The molecule has 0 aliphatic rings. The van der Waals surface area contributed by atoms with Gasteiger partial charge in [0.2, 0.25) is 0 Å². The predicted octanol–water partition coefficient (Wildman–Crippen LogP) is 9.84. The molecule has 0 aliphatic heterocycles. The summed E-state index contributed by atoms with van der Waals surface area (Å²) in [6, 6.07) is 48.6. The highest BCUT2D eigenvalue weighted by molar-refractivity contribution is 6.09. The van der Waals surface area contributed by atoms with Crippen molar-refractivity contribution in [1.29, 1.82) is 0 Å². The molecule has 0 fully saturated rings. The highest BCUT2D eigenvalue weighted by Gasteiger charge is 2.13. The van der Waals surface area contributed by atoms with Crippen LogP contribution in [0.25, 0.3) is 66.4 Å². The third-order valence-electron chi connectivity index (χ3n) is 7.26. The number of rotatable bonds is 4. The zero-order chi connectivity index (χ0) is 25.5. The minimum Gasteiger partial charge on any atom is -0.455 e. The van der Waals surface area contributed by atoms with Crippen LogP contribution in [0.1, 0.15) is 0 Å². The van der Waals surface area contributed by atoms with Crippen molar-refractivity contribution in [3.05, 3.63) is 140 Å². The van der Waals surface area contributed by atoms with Crippen LogP contribution >= 0.6 is 0 Å². The van der Waals surface area contributed by atoms with Gasteiger partial charge in [0.05, 0.1) is 0 Å². The smallest absolute Gasteiger partial charge is 0.143 e. The van der Waals surface area contributed by atoms with Crippen LogP contribution in [0.2, 0.25) is 0 Å². The number of anilines is 1. The summed E-state index contributed by atoms with van der Waals surface area (Å²) in [5, 5.41) is 2.28. The van der Waals surface area contributed by atoms with Crippen LogP contribution in [0.3, 0.4) is 0 Å². The Bertz CT molecular complexity index is 1900. The monoisotopic (exact) mass is 487 g/mol. The topological polar surface area (TPSA) is 39.2 Å². The van der Waals surface area contributed by atoms with Crippen molar-refractivity contribution < 1.29 is 4.42 Å². The van der Waals surface area contributed by atoms with Gasteiger partial charge < -0.3 is 10.2 Å². The number of benzene rings is 6. The van der Waals surface area contributed by atoms with Crippen molar-refractivity contribution in [2.24, 2.45) is 0 Å². The first kappa shape index (κ1) is 22.1. The van der Waals surface area contributed by atoms with Crippen LogP contribution in [0.4, 0.5) is 5.69 Å². The first-order valence-electron chi connectivity index (χ1n) is 12.8. The van der Waals surface area contributed by atoms with E-state index in [0.717, 1.165) is 61.0 Å². The molecule has 38 heavy (non-hydrogen) atoms. The van der Waals surface area contributed by atoms with Gasteiger partial charge in [0, 0.05) is 22.0 Å². The highest BCUT2D eigenvalue weighted by atomic mass is 16.3. The molecule has 1 heterocycles. The van der Waals surface area contributed by atoms with Crippen LogP contribution in [0.5, 0.6) is 0 Å². The Labute approximate surface area is 221 Å². The lowest BCUT2D eigenvalue weighted by atomic mass is 9.92. The van der Waals surface area contributed by atoms with E-state index in [0.29, 0.717) is 0 Å². The molecule has 0 aliphatic carbocycles. The van der Waals surface area contributed by atoms with Gasteiger partial charge in [-0.15, -0.1) is 0 Å². The zero-order valence-electron chi connectivity index (χ0n) is 20.8. The molecule has 1 aromatic heterocycles. The minimum absolute atomic E-state index is 0.751. The van der Waals surface area contributed by atoms with E-state index >= 15 is 0 Å². The fourth-order valence-electron chi connectivity index (χ4n) is 5.33. The Morgan fingerprint density at radius 2 is 0.974 bits per heavy atom. The Kier molecular flexibility index (Phi) is 5.30. The summed E-state index contributed by atoms with van der Waals surface area (Å²) in [5.74, 6) is 0. The van der Waals surface area contributed by atoms with Gasteiger partial charge in [0.15, 0.2) is 0 Å². The van der Waals surface area contributed by atoms with Gasteiger partial charge in [-0.05, 0) is 57.1 Å². The standard InChI is InChI=1S/C36H25NO/c37-29-21-22-30(26-15-13-25(14-16-26)24-7-2-1-3-8-24)34(23-29)28-19-17-27(18-20-28)31-10-6-11-33-32-9-4-5-12-35(32)38-36(31)33/h1-23H,37H2. The molecular weight excluding hydrogens is 462 g/mol. The maximum absolute atomic E-state index is 6.27. The van der Waals surface area contributed by atoms with Gasteiger partial charge in [-0.2, -0.15) is 0 Å². The summed E-state index contributed by atoms with van der Waals surface area (Å²) in [6.07, 6.45) is 0. The second kappa shape index (κ2) is 9.10. The normalized spacial score (nSPS) is 11.3. The van der Waals surface area contributed by atoms with E-state index < -0.39 is 0 Å². The predicted molar refractivity (Wildman–Crippen MR) is 160 cm³/mol. The van der Waals surface area contributed by atoms with E-state index in [-0.39, 0.29) is 0 Å². The molecule has 0 radical (unpaired) electrons. The lowest BCUT2D eigenvalue weighted by molar-refractivity contribution is 0.670. The SMILES string of the molecule is Nc1ccc(-c2ccc(-c3ccccc3)cc2)c(-c2ccc(-c3cccc4c3oc3ccccc34)cc2)c1. The minimum atomic E-state index is 0.751. The number of nitrogen functional groups attached to an aromatic ring is 1. The Morgan fingerprint density at radius 1 is 0.395 bits per heavy atom. The maximum Gasteiger partial charge on any atom is 0.143 e. The molecule has 0 amide bonds. The summed E-state index contributed by atoms with van der Waals surface area (Å²) in [7, 11) is 0. The lowest BCUT2D eigenvalue weighted by Crippen LogP contribution is -1.90. The molecule has 0 bridgehead atoms. The molecule has 6 aromatic carbocycles. The van der Waals surface area contributed by atoms with Crippen molar-refractivity contribution in [3.63, 3.8) is 0 Å². The van der Waals surface area contributed by atoms with E-state index in [1.807, 2.05) is 24.3 Å². The maximum atomic E-state index is 6.27. The summed E-state index contributed by atoms with van der Waals surface area (Å²) in [6.45, 7) is 0. The van der Waals surface area contributed by atoms with Crippen molar-refractivity contribution >= 4 is 27.6 Å². The molecule has 2 N–H and O–H groups in total. The summed E-state index contributed by atoms with van der Waals surface area (Å²) < 4.78 is 6.27. The fraction of sp³-hybridized carbons (Fsp3) is 0. The lowest BCUT2D eigenvalue weighted by Gasteiger charge is -2.13. The van der Waals surface area contributed by atoms with Gasteiger partial charge in [-0.1, -0.05) is 121 Å². The molecule has 0 saturated carbocycles. The summed E-state index contributed by atoms with van der Waals surface area (Å²) >= 11 is 0. The number of fused-ring (bicyclic) bond motifs is 3. The third kappa shape index (κ3) is 3.84. The van der Waals surface area contributed by atoms with Gasteiger partial charge in [-0.3, -0.25) is 0 Å². The second-order valence-corrected chi connectivity index (χ2v) is 9.61. The average Bonchev–Trinajstić information content (AvgIpc) is 3.37. The molecule has 0 spiro atoms. The van der Waals surface area contributed by atoms with Crippen molar-refractivity contribution in [2.75, 3.05) is 5.73 Å². The molecule has 7 rings (SSSR count). The van der Waals surface area contributed by atoms with Gasteiger partial charge in [0.25, 0.3) is 0 Å². The highest BCUT2D eigenvalue weighted by Crippen LogP contribution is 2.38. The van der Waals surface area contributed by atoms with Gasteiger partial charge in [-0.25, -0.2) is 0 Å². The Balaban J connectivity index is 1.27. The average molecular weight is 488 g/mol. The van der Waals surface area contributed by atoms with E-state index in [4.69, 9.17) is 10.2 Å². The molecular formula is C36H25NO. The van der Waals surface area contributed by atoms with E-state index in [1.54, 1.807) is 0 Å². The second-order valence-electron chi connectivity index (χ2n) is 9.61. The number of nitrogens with two attached hydrogens (primary N) is 1. The number of hydrogen-bond donors (Lipinski definition) is 1. The Hall–Kier alpha value is -5.08. The number of hydrogen-bond acceptors (Lipinski definition) is 2. The van der Waals surface area contributed by atoms with Crippen LogP contribution in [0, 0.1) is 0 Å². The molecule has 2 heteroatoms. The van der Waals surface area contributed by atoms with Gasteiger partial charge in [0.1, 0.15) is 11.2 Å². The van der Waals surface area contributed by atoms with Crippen molar-refractivity contribution in [2.45, 2.75) is 0 Å². The Morgan fingerprint density at radius 3 is 1.74 bits per heavy atom. The zero-order valence-corrected chi connectivity index (χ0v) is 20.8. The van der Waals surface area contributed by atoms with Crippen molar-refractivity contribution in [1.82, 2.24) is 0 Å². The van der Waals surface area contributed by atoms with Gasteiger partial charge >= 0.3 is 0 Å². The first-order valence-corrected chi connectivity index (χ1v) is 12.8. The molecule has 180 valence electrons. The quantitative estimate of drug-likeness (QED) is 0.251. The van der Waals surface area contributed by atoms with E-state index in [1.165, 1.54) is 11.1 Å². The fourth-order valence-corrected chi connectivity index (χ4v) is 5.33. The summed E-state index contributed by atoms with van der Waals surface area (Å²) in [4.78, 5) is 0. The largest absolute Gasteiger partial charge is 0.455 e. The van der Waals surface area contributed by atoms with Crippen LogP contribution < -0.4 is 5.73 Å². The molecule has 0 unspecified atom stereocenters. The number of furan rings is 1. The first-order chi connectivity index (χ1) is 18.7. The van der Waals surface area contributed by atoms with E-state index in [9.17, 15) is 0 Å². The molecule has 2 nitrogen and oxygen atoms in total. The van der Waals surface area contributed by atoms with Crippen LogP contribution in [-0.2, 0) is 0 Å². The molecule has 0 saturated heterocycles. The molecule has 7 aromatic rings. The number of para-hydroxylation sites is 2. The summed E-state index contributed by atoms with van der Waals surface area (Å²) in [5.41, 5.74) is 18.0. The third-order valence-corrected chi connectivity index (χ3v) is 7.26. The van der Waals surface area contributed by atoms with E-state index in [2.05, 4.69) is 115 Å². The van der Waals surface area contributed by atoms with Crippen LogP contribution in [0.15, 0.2) is 144 Å².